The van der Waals surface area contributed by atoms with Crippen molar-refractivity contribution in [1.82, 2.24) is 59.8 Å². The van der Waals surface area contributed by atoms with E-state index in [4.69, 9.17) is 38.9 Å². The zero-order chi connectivity index (χ0) is 88.1. The Morgan fingerprint density at radius 2 is 0.445 bits per heavy atom. The lowest BCUT2D eigenvalue weighted by Gasteiger charge is -2.14. The second kappa shape index (κ2) is 36.1. The molecule has 0 aliphatic carbocycles. The number of phenolic OH excluding ortho intramolecular Hbond substituents is 4. The van der Waals surface area contributed by atoms with Crippen molar-refractivity contribution >= 4 is 97.0 Å². The number of ether oxygens (including phenoxy) is 4. The zero-order valence-electron chi connectivity index (χ0n) is 71.3. The number of nitrogens with zero attached hydrogens (tertiary/aromatic N) is 12. The lowest BCUT2D eigenvalue weighted by atomic mass is 9.93. The topological polar surface area (TPSA) is 273 Å². The molecule has 626 valence electrons. The monoisotopic (exact) mass is 1680 g/mol. The van der Waals surface area contributed by atoms with Crippen LogP contribution in [0.15, 0.2) is 328 Å². The summed E-state index contributed by atoms with van der Waals surface area (Å²) in [6.07, 6.45) is -0.396. The number of para-hydroxylation sites is 4. The van der Waals surface area contributed by atoms with Gasteiger partial charge in [-0.1, -0.05) is 243 Å². The molecule has 0 radical (unpaired) electrons. The number of rotatable bonds is 16. The summed E-state index contributed by atoms with van der Waals surface area (Å²) in [6, 6.07) is 108. The van der Waals surface area contributed by atoms with Gasteiger partial charge in [-0.25, -0.2) is 19.9 Å². The van der Waals surface area contributed by atoms with E-state index >= 15 is 0 Å². The number of fused-ring (bicyclic) bond motifs is 12. The number of aromatic hydroxyl groups is 4. The maximum Gasteiger partial charge on any atom is 0.320 e. The van der Waals surface area contributed by atoms with Gasteiger partial charge in [0.15, 0.2) is 46.6 Å². The molecule has 0 atom stereocenters. The van der Waals surface area contributed by atoms with E-state index in [1.54, 1.807) is 72.8 Å². The maximum atomic E-state index is 10.5. The lowest BCUT2D eigenvalue weighted by molar-refractivity contribution is 0.221. The van der Waals surface area contributed by atoms with Crippen LogP contribution in [0.1, 0.15) is 55.4 Å². The van der Waals surface area contributed by atoms with Crippen molar-refractivity contribution in [2.45, 2.75) is 79.8 Å². The van der Waals surface area contributed by atoms with Crippen LogP contribution in [0.2, 0.25) is 0 Å². The zero-order valence-corrected chi connectivity index (χ0v) is 71.3. The predicted molar refractivity (Wildman–Crippen MR) is 510 cm³/mol. The highest BCUT2D eigenvalue weighted by molar-refractivity contribution is 6.21. The van der Waals surface area contributed by atoms with Gasteiger partial charge in [0, 0.05) is 22.3 Å². The summed E-state index contributed by atoms with van der Waals surface area (Å²) in [6.45, 7) is 15.4. The summed E-state index contributed by atoms with van der Waals surface area (Å²) in [7, 11) is 0. The molecular weight excluding hydrogens is 1590 g/mol. The van der Waals surface area contributed by atoms with Gasteiger partial charge in [0.05, 0.1) is 46.7 Å². The van der Waals surface area contributed by atoms with Crippen molar-refractivity contribution in [2.75, 3.05) is 0 Å². The minimum absolute atomic E-state index is 0.0876. The van der Waals surface area contributed by atoms with E-state index in [1.807, 2.05) is 152 Å². The van der Waals surface area contributed by atoms with Crippen molar-refractivity contribution in [3.05, 3.63) is 328 Å². The fourth-order valence-corrected chi connectivity index (χ4v) is 15.7. The third-order valence-electron chi connectivity index (χ3n) is 21.4. The molecule has 0 unspecified atom stereocenters. The second-order valence-electron chi connectivity index (χ2n) is 31.8. The summed E-state index contributed by atoms with van der Waals surface area (Å²) < 4.78 is 23.4. The molecule has 21 aromatic rings. The van der Waals surface area contributed by atoms with Crippen LogP contribution in [0.4, 0.5) is 0 Å². The molecule has 0 aliphatic rings. The number of aromatic nitrogens is 12. The number of hydrogen-bond donors (Lipinski definition) is 4. The Bertz CT molecular complexity index is 7710. The van der Waals surface area contributed by atoms with E-state index in [9.17, 15) is 20.4 Å². The molecule has 0 fully saturated rings. The highest BCUT2D eigenvalue weighted by Crippen LogP contribution is 2.43. The summed E-state index contributed by atoms with van der Waals surface area (Å²) in [5.74, 6) is 3.93. The lowest BCUT2D eigenvalue weighted by Crippen LogP contribution is -2.10. The Hall–Kier alpha value is -16.5. The molecule has 0 saturated heterocycles. The Morgan fingerprint density at radius 1 is 0.180 bits per heavy atom. The molecule has 0 saturated carbocycles. The maximum absolute atomic E-state index is 10.5. The van der Waals surface area contributed by atoms with Crippen LogP contribution in [-0.2, 0) is 0 Å². The molecule has 4 N–H and O–H groups in total. The van der Waals surface area contributed by atoms with Crippen molar-refractivity contribution in [2.24, 2.45) is 0 Å². The first-order chi connectivity index (χ1) is 62.3. The summed E-state index contributed by atoms with van der Waals surface area (Å²) in [5.41, 5.74) is 5.68. The highest BCUT2D eigenvalue weighted by atomic mass is 16.5. The highest BCUT2D eigenvalue weighted by Gasteiger charge is 2.24. The van der Waals surface area contributed by atoms with Crippen LogP contribution in [0.5, 0.6) is 47.0 Å². The number of benzene rings is 17. The van der Waals surface area contributed by atoms with Gasteiger partial charge in [0.1, 0.15) is 23.0 Å². The van der Waals surface area contributed by atoms with Gasteiger partial charge in [-0.2, -0.15) is 39.9 Å². The summed E-state index contributed by atoms with van der Waals surface area (Å²) >= 11 is 0. The normalized spacial score (nSPS) is 11.4. The Balaban J connectivity index is 0.000000115. The first-order valence-corrected chi connectivity index (χ1v) is 42.3. The molecule has 20 heteroatoms. The van der Waals surface area contributed by atoms with Gasteiger partial charge in [-0.15, -0.1) is 0 Å². The average Bonchev–Trinajstić information content (AvgIpc) is 1.05. The average molecular weight is 1680 g/mol. The smallest absolute Gasteiger partial charge is 0.320 e. The number of phenols is 4. The van der Waals surface area contributed by atoms with Crippen molar-refractivity contribution < 1.29 is 39.4 Å². The molecule has 20 nitrogen and oxygen atoms in total. The van der Waals surface area contributed by atoms with Gasteiger partial charge in [0.25, 0.3) is 0 Å². The largest absolute Gasteiger partial charge is 0.507 e. The minimum Gasteiger partial charge on any atom is -0.507 e. The molecule has 128 heavy (non-hydrogen) atoms. The van der Waals surface area contributed by atoms with Crippen LogP contribution in [0.3, 0.4) is 0 Å². The molecule has 4 aromatic heterocycles. The van der Waals surface area contributed by atoms with Crippen molar-refractivity contribution in [1.29, 1.82) is 0 Å². The predicted octanol–water partition coefficient (Wildman–Crippen LogP) is 25.2. The number of hydrogen-bond acceptors (Lipinski definition) is 20. The van der Waals surface area contributed by atoms with E-state index in [-0.39, 0.29) is 71.5 Å². The molecule has 0 aliphatic heterocycles. The quantitative estimate of drug-likeness (QED) is 0.0517. The van der Waals surface area contributed by atoms with Gasteiger partial charge in [0.2, 0.25) is 0 Å². The first-order valence-electron chi connectivity index (χ1n) is 42.3. The van der Waals surface area contributed by atoms with E-state index in [0.717, 1.165) is 86.9 Å². The molecule has 0 amide bonds. The van der Waals surface area contributed by atoms with Crippen LogP contribution < -0.4 is 18.9 Å². The van der Waals surface area contributed by atoms with Crippen LogP contribution in [-0.4, -0.2) is 105 Å². The first kappa shape index (κ1) is 82.5. The third kappa shape index (κ3) is 17.6. The van der Waals surface area contributed by atoms with E-state index < -0.39 is 0 Å². The fourth-order valence-electron chi connectivity index (χ4n) is 15.7. The summed E-state index contributed by atoms with van der Waals surface area (Å²) in [5, 5.41) is 61.8. The second-order valence-corrected chi connectivity index (χ2v) is 31.8. The van der Waals surface area contributed by atoms with Crippen LogP contribution >= 0.6 is 0 Å². The van der Waals surface area contributed by atoms with E-state index in [2.05, 4.69) is 198 Å². The molecule has 0 spiro atoms. The third-order valence-corrected chi connectivity index (χ3v) is 21.4. The van der Waals surface area contributed by atoms with Crippen molar-refractivity contribution in [3.8, 4) is 138 Å². The van der Waals surface area contributed by atoms with Gasteiger partial charge < -0.3 is 39.4 Å². The van der Waals surface area contributed by atoms with E-state index in [0.29, 0.717) is 68.8 Å². The Labute approximate surface area is 737 Å². The molecular formula is C108H86N12O8. The summed E-state index contributed by atoms with van der Waals surface area (Å²) in [4.78, 5) is 55.4. The van der Waals surface area contributed by atoms with Gasteiger partial charge in [-0.3, -0.25) is 0 Å². The standard InChI is InChI=1S/C30H23N3O2.3C26H21N3O2/c1-18(2)35-30-32-28(24-13-7-8-14-27(24)34)31-29(33-30)26-17-25-20-10-4-3-9-19(20)15-16-23(25)21-11-5-6-12-22(21)26;1-16(2)31-26-28-24(21-13-7-8-14-22(21)30)27-25(29-26)23-19-11-5-3-9-17(19)15-18-10-4-6-12-20(18)23;1-16(2)31-26-28-24(21-13-7-8-14-23(21)30)27-25(29-26)22-15-17-9-3-4-10-18(17)19-11-5-6-12-20(19)22;1-16(2)31-26-28-24(27-25(29-26)22-9-5-6-10-23(22)30)20-12-11-19-13-17-7-3-4-8-18(17)14-21(19)15-20/h3-18,34H,1-2H3;3*3-16,30H,1-2H3. The van der Waals surface area contributed by atoms with Gasteiger partial charge >= 0.3 is 24.0 Å². The molecule has 17 aromatic carbocycles. The van der Waals surface area contributed by atoms with Crippen LogP contribution in [0, 0.1) is 0 Å². The van der Waals surface area contributed by atoms with E-state index in [1.165, 1.54) is 32.3 Å². The molecule has 21 rings (SSSR count). The SMILES string of the molecule is CC(C)Oc1nc(-c2ccc3cc4ccccc4cc3c2)nc(-c2ccccc2O)n1.CC(C)Oc1nc(-c2ccccc2O)nc(-c2c3ccccc3cc3ccccc23)n1.CC(C)Oc1nc(-c2ccccc2O)nc(-c2cc3c4ccccc4ccc3c3ccccc23)n1.CC(C)Oc1nc(-c2ccccc2O)nc(-c2cc3ccccc3c3ccccc23)n1. The van der Waals surface area contributed by atoms with Gasteiger partial charge in [-0.05, 0) is 237 Å². The van der Waals surface area contributed by atoms with Crippen molar-refractivity contribution in [3.63, 3.8) is 0 Å². The molecule has 0 bridgehead atoms. The van der Waals surface area contributed by atoms with Crippen LogP contribution in [0.25, 0.3) is 188 Å². The Morgan fingerprint density at radius 3 is 0.867 bits per heavy atom. The Kier molecular flexibility index (Phi) is 23.3. The fraction of sp³-hybridized carbons (Fsp3) is 0.111. The minimum atomic E-state index is -0.111. The molecule has 4 heterocycles.